The molecule has 0 radical (unpaired) electrons. The molecule has 168 valence electrons. The summed E-state index contributed by atoms with van der Waals surface area (Å²) in [5.41, 5.74) is 12.0. The van der Waals surface area contributed by atoms with E-state index in [2.05, 4.69) is 5.32 Å². The molecule has 4 nitrogen and oxygen atoms in total. The second kappa shape index (κ2) is 9.11. The average molecular weight is 504 g/mol. The van der Waals surface area contributed by atoms with E-state index in [0.29, 0.717) is 36.5 Å². The van der Waals surface area contributed by atoms with E-state index in [9.17, 15) is 4.79 Å². The maximum atomic E-state index is 13.2. The van der Waals surface area contributed by atoms with E-state index in [-0.39, 0.29) is 5.91 Å². The van der Waals surface area contributed by atoms with Gasteiger partial charge >= 0.3 is 0 Å². The van der Waals surface area contributed by atoms with Crippen molar-refractivity contribution in [1.82, 2.24) is 4.98 Å². The van der Waals surface area contributed by atoms with Crippen LogP contribution in [0.5, 0.6) is 0 Å². The Morgan fingerprint density at radius 3 is 2.29 bits per heavy atom. The molecular weight excluding hydrogens is 485 g/mol. The van der Waals surface area contributed by atoms with Crippen LogP contribution >= 0.6 is 34.5 Å². The quantitative estimate of drug-likeness (QED) is 0.260. The minimum absolute atomic E-state index is 0.337. The van der Waals surface area contributed by atoms with Gasteiger partial charge in [0, 0.05) is 21.5 Å². The van der Waals surface area contributed by atoms with Crippen LogP contribution < -0.4 is 11.1 Å². The summed E-state index contributed by atoms with van der Waals surface area (Å²) in [5, 5.41) is 4.61. The Balaban J connectivity index is 1.70. The molecule has 34 heavy (non-hydrogen) atoms. The average Bonchev–Trinajstić information content (AvgIpc) is 3.17. The van der Waals surface area contributed by atoms with E-state index in [1.165, 1.54) is 11.3 Å². The number of rotatable bonds is 4. The van der Waals surface area contributed by atoms with Gasteiger partial charge in [-0.3, -0.25) is 4.79 Å². The van der Waals surface area contributed by atoms with Crippen molar-refractivity contribution in [2.45, 2.75) is 6.92 Å². The van der Waals surface area contributed by atoms with Gasteiger partial charge in [-0.15, -0.1) is 11.3 Å². The summed E-state index contributed by atoms with van der Waals surface area (Å²) in [5.74, 6) is -0.337. The van der Waals surface area contributed by atoms with Crippen LogP contribution in [0.4, 0.5) is 11.4 Å². The van der Waals surface area contributed by atoms with Crippen LogP contribution in [0.3, 0.4) is 0 Å². The molecule has 0 atom stereocenters. The largest absolute Gasteiger partial charge is 0.397 e. The Labute approximate surface area is 211 Å². The Morgan fingerprint density at radius 2 is 1.59 bits per heavy atom. The number of halogens is 2. The highest BCUT2D eigenvalue weighted by molar-refractivity contribution is 7.21. The molecule has 2 aromatic heterocycles. The maximum absolute atomic E-state index is 13.2. The first-order valence-corrected chi connectivity index (χ1v) is 12.1. The highest BCUT2D eigenvalue weighted by atomic mass is 35.5. The number of nitrogens with zero attached hydrogens (tertiary/aromatic N) is 1. The zero-order chi connectivity index (χ0) is 23.8. The summed E-state index contributed by atoms with van der Waals surface area (Å²) in [6.45, 7) is 2.04. The van der Waals surface area contributed by atoms with Gasteiger partial charge < -0.3 is 11.1 Å². The Hall–Kier alpha value is -3.38. The molecule has 0 aliphatic heterocycles. The first-order valence-electron chi connectivity index (χ1n) is 10.5. The second-order valence-electron chi connectivity index (χ2n) is 7.86. The van der Waals surface area contributed by atoms with Crippen LogP contribution in [0.25, 0.3) is 32.6 Å². The van der Waals surface area contributed by atoms with Crippen molar-refractivity contribution in [3.8, 4) is 22.4 Å². The summed E-state index contributed by atoms with van der Waals surface area (Å²) in [6, 6.07) is 24.8. The van der Waals surface area contributed by atoms with Crippen molar-refractivity contribution in [1.29, 1.82) is 0 Å². The number of fused-ring (bicyclic) bond motifs is 1. The van der Waals surface area contributed by atoms with E-state index in [1.807, 2.05) is 61.5 Å². The van der Waals surface area contributed by atoms with Crippen molar-refractivity contribution >= 4 is 62.0 Å². The lowest BCUT2D eigenvalue weighted by Crippen LogP contribution is -2.12. The molecule has 5 aromatic rings. The molecule has 0 saturated carbocycles. The number of carbonyl (C=O) groups is 1. The lowest BCUT2D eigenvalue weighted by atomic mass is 9.99. The number of nitrogens with two attached hydrogens (primary N) is 1. The van der Waals surface area contributed by atoms with Gasteiger partial charge in [0.2, 0.25) is 0 Å². The van der Waals surface area contributed by atoms with E-state index in [4.69, 9.17) is 33.9 Å². The van der Waals surface area contributed by atoms with Crippen LogP contribution in [0.15, 0.2) is 78.9 Å². The summed E-state index contributed by atoms with van der Waals surface area (Å²) in [4.78, 5) is 19.1. The normalized spacial score (nSPS) is 11.0. The van der Waals surface area contributed by atoms with Gasteiger partial charge in [-0.1, -0.05) is 83.4 Å². The second-order valence-corrected chi connectivity index (χ2v) is 9.67. The van der Waals surface area contributed by atoms with Crippen molar-refractivity contribution < 1.29 is 4.79 Å². The molecule has 7 heteroatoms. The number of aromatic nitrogens is 1. The molecule has 3 N–H and O–H groups in total. The molecule has 3 aromatic carbocycles. The molecule has 0 aliphatic rings. The third-order valence-electron chi connectivity index (χ3n) is 5.54. The number of aryl methyl sites for hydroxylation is 1. The molecule has 2 heterocycles. The third-order valence-corrected chi connectivity index (χ3v) is 7.30. The Bertz CT molecular complexity index is 1540. The van der Waals surface area contributed by atoms with E-state index >= 15 is 0 Å². The first-order chi connectivity index (χ1) is 16.4. The van der Waals surface area contributed by atoms with Gasteiger partial charge in [0.25, 0.3) is 5.91 Å². The summed E-state index contributed by atoms with van der Waals surface area (Å²) in [7, 11) is 0. The number of benzene rings is 3. The topological polar surface area (TPSA) is 68.0 Å². The third kappa shape index (κ3) is 4.14. The number of carbonyl (C=O) groups excluding carboxylic acids is 1. The zero-order valence-electron chi connectivity index (χ0n) is 18.1. The molecule has 0 unspecified atom stereocenters. The molecular formula is C27H19Cl2N3OS. The minimum Gasteiger partial charge on any atom is -0.397 e. The Kier molecular flexibility index (Phi) is 6.00. The zero-order valence-corrected chi connectivity index (χ0v) is 20.4. The molecule has 5 rings (SSSR count). The SMILES string of the molecule is Cc1ccc(-c2cc(-c3ccccc3Cl)c3c(N)c(C(=O)Nc4ccccc4Cl)sc3n2)cc1. The van der Waals surface area contributed by atoms with Crippen molar-refractivity contribution in [2.24, 2.45) is 0 Å². The van der Waals surface area contributed by atoms with Crippen LogP contribution in [0, 0.1) is 6.92 Å². The van der Waals surface area contributed by atoms with Crippen LogP contribution in [-0.2, 0) is 0 Å². The summed E-state index contributed by atoms with van der Waals surface area (Å²) < 4.78 is 0. The fourth-order valence-corrected chi connectivity index (χ4v) is 5.23. The van der Waals surface area contributed by atoms with Crippen molar-refractivity contribution in [3.05, 3.63) is 99.3 Å². The molecule has 0 fully saturated rings. The predicted molar refractivity (Wildman–Crippen MR) is 144 cm³/mol. The number of anilines is 2. The van der Waals surface area contributed by atoms with Crippen LogP contribution in [0.2, 0.25) is 10.0 Å². The summed E-state index contributed by atoms with van der Waals surface area (Å²) in [6.07, 6.45) is 0. The van der Waals surface area contributed by atoms with E-state index in [0.717, 1.165) is 27.9 Å². The van der Waals surface area contributed by atoms with E-state index in [1.54, 1.807) is 24.3 Å². The maximum Gasteiger partial charge on any atom is 0.267 e. The van der Waals surface area contributed by atoms with Crippen LogP contribution in [0.1, 0.15) is 15.2 Å². The first kappa shape index (κ1) is 22.4. The Morgan fingerprint density at radius 1 is 0.912 bits per heavy atom. The number of amides is 1. The standard InChI is InChI=1S/C27H19Cl2N3OS/c1-15-10-12-16(13-11-15)22-14-18(17-6-2-3-7-19(17)28)23-24(30)25(34-27(23)32-22)26(33)31-21-9-5-4-8-20(21)29/h2-14H,30H2,1H3,(H,31,33). The molecule has 0 spiro atoms. The lowest BCUT2D eigenvalue weighted by Gasteiger charge is -2.10. The van der Waals surface area contributed by atoms with Crippen molar-refractivity contribution in [2.75, 3.05) is 11.1 Å². The van der Waals surface area contributed by atoms with Gasteiger partial charge in [-0.05, 0) is 36.8 Å². The number of para-hydroxylation sites is 1. The lowest BCUT2D eigenvalue weighted by molar-refractivity contribution is 0.103. The highest BCUT2D eigenvalue weighted by Crippen LogP contribution is 2.43. The molecule has 0 saturated heterocycles. The number of thiophene rings is 1. The van der Waals surface area contributed by atoms with E-state index < -0.39 is 0 Å². The smallest absolute Gasteiger partial charge is 0.267 e. The van der Waals surface area contributed by atoms with Gasteiger partial charge in [-0.25, -0.2) is 4.98 Å². The molecule has 0 bridgehead atoms. The van der Waals surface area contributed by atoms with Gasteiger partial charge in [0.1, 0.15) is 9.71 Å². The van der Waals surface area contributed by atoms with Gasteiger partial charge in [0.15, 0.2) is 0 Å². The fraction of sp³-hybridized carbons (Fsp3) is 0.0370. The fourth-order valence-electron chi connectivity index (χ4n) is 3.80. The minimum atomic E-state index is -0.337. The number of nitrogen functional groups attached to an aromatic ring is 1. The van der Waals surface area contributed by atoms with Crippen molar-refractivity contribution in [3.63, 3.8) is 0 Å². The number of pyridine rings is 1. The van der Waals surface area contributed by atoms with Gasteiger partial charge in [-0.2, -0.15) is 0 Å². The highest BCUT2D eigenvalue weighted by Gasteiger charge is 2.23. The number of nitrogens with one attached hydrogen (secondary N) is 1. The predicted octanol–water partition coefficient (Wildman–Crippen LogP) is 8.08. The number of hydrogen-bond donors (Lipinski definition) is 2. The molecule has 1 amide bonds. The van der Waals surface area contributed by atoms with Gasteiger partial charge in [0.05, 0.1) is 22.1 Å². The monoisotopic (exact) mass is 503 g/mol. The van der Waals surface area contributed by atoms with Crippen LogP contribution in [-0.4, -0.2) is 10.9 Å². The summed E-state index contributed by atoms with van der Waals surface area (Å²) >= 11 is 14.0. The molecule has 0 aliphatic carbocycles. The number of hydrogen-bond acceptors (Lipinski definition) is 4.